The molecule has 0 radical (unpaired) electrons. The van der Waals surface area contributed by atoms with Crippen LogP contribution in [0, 0.1) is 0 Å². The zero-order chi connectivity index (χ0) is 20.5. The van der Waals surface area contributed by atoms with Crippen molar-refractivity contribution < 1.29 is 19.1 Å². The Bertz CT molecular complexity index is 1070. The van der Waals surface area contributed by atoms with E-state index < -0.39 is 5.92 Å². The lowest BCUT2D eigenvalue weighted by atomic mass is 9.83. The number of amides is 1. The van der Waals surface area contributed by atoms with Gasteiger partial charge in [0.2, 0.25) is 5.91 Å². The summed E-state index contributed by atoms with van der Waals surface area (Å²) in [5, 5.41) is 10.5. The standard InChI is InChI=1S/C21H18ClN3O4/c1-28-14-4-3-5-15(29-2)18(14)20(27)13-10-16(26)23-21-17(13)19(24-25-21)11-6-8-12(22)9-7-11/h3-9,13H,10H2,1-2H3,(H2,23,24,25,26). The lowest BCUT2D eigenvalue weighted by Crippen LogP contribution is -2.28. The number of ether oxygens (including phenoxy) is 2. The highest BCUT2D eigenvalue weighted by molar-refractivity contribution is 6.30. The fraction of sp³-hybridized carbons (Fsp3) is 0.190. The first-order valence-electron chi connectivity index (χ1n) is 8.92. The molecule has 29 heavy (non-hydrogen) atoms. The van der Waals surface area contributed by atoms with Gasteiger partial charge in [-0.25, -0.2) is 0 Å². The molecule has 1 atom stereocenters. The maximum absolute atomic E-state index is 13.6. The predicted octanol–water partition coefficient (Wildman–Crippen LogP) is 4.06. The lowest BCUT2D eigenvalue weighted by molar-refractivity contribution is -0.116. The summed E-state index contributed by atoms with van der Waals surface area (Å²) in [5.74, 6) is -0.172. The van der Waals surface area contributed by atoms with Gasteiger partial charge in [-0.1, -0.05) is 29.8 Å². The van der Waals surface area contributed by atoms with Gasteiger partial charge < -0.3 is 14.8 Å². The molecule has 1 aliphatic rings. The van der Waals surface area contributed by atoms with Gasteiger partial charge in [0.25, 0.3) is 0 Å². The van der Waals surface area contributed by atoms with Gasteiger partial charge in [-0.2, -0.15) is 5.10 Å². The second kappa shape index (κ2) is 7.60. The van der Waals surface area contributed by atoms with Crippen molar-refractivity contribution in [2.75, 3.05) is 19.5 Å². The van der Waals surface area contributed by atoms with E-state index in [1.165, 1.54) is 14.2 Å². The molecule has 0 bridgehead atoms. The van der Waals surface area contributed by atoms with Gasteiger partial charge in [-0.3, -0.25) is 14.7 Å². The molecule has 0 fully saturated rings. The third-order valence-corrected chi connectivity index (χ3v) is 5.18. The number of Topliss-reactive ketones (excluding diaryl/α,β-unsaturated/α-hetero) is 1. The number of nitrogens with one attached hydrogen (secondary N) is 2. The number of hydrogen-bond acceptors (Lipinski definition) is 5. The Morgan fingerprint density at radius 2 is 1.76 bits per heavy atom. The fourth-order valence-electron chi connectivity index (χ4n) is 3.58. The van der Waals surface area contributed by atoms with Gasteiger partial charge in [0.05, 0.1) is 25.8 Å². The van der Waals surface area contributed by atoms with E-state index in [2.05, 4.69) is 15.5 Å². The Kier molecular flexibility index (Phi) is 4.98. The van der Waals surface area contributed by atoms with Crippen LogP contribution in [0.4, 0.5) is 5.82 Å². The zero-order valence-electron chi connectivity index (χ0n) is 15.8. The van der Waals surface area contributed by atoms with Crippen molar-refractivity contribution in [1.82, 2.24) is 10.2 Å². The minimum absolute atomic E-state index is 0.00679. The number of nitrogens with zero attached hydrogens (tertiary/aromatic N) is 1. The third-order valence-electron chi connectivity index (χ3n) is 4.92. The molecule has 148 valence electrons. The smallest absolute Gasteiger partial charge is 0.226 e. The Labute approximate surface area is 172 Å². The summed E-state index contributed by atoms with van der Waals surface area (Å²) >= 11 is 6.00. The molecule has 2 aromatic carbocycles. The molecule has 2 N–H and O–H groups in total. The molecule has 1 aliphatic heterocycles. The number of rotatable bonds is 5. The van der Waals surface area contributed by atoms with E-state index in [1.807, 2.05) is 12.1 Å². The SMILES string of the molecule is COc1cccc(OC)c1C(=O)C1CC(=O)Nc2n[nH]c(-c3ccc(Cl)cc3)c21. The maximum atomic E-state index is 13.6. The summed E-state index contributed by atoms with van der Waals surface area (Å²) in [6.45, 7) is 0. The molecule has 4 rings (SSSR count). The number of hydrogen-bond donors (Lipinski definition) is 2. The Morgan fingerprint density at radius 3 is 2.38 bits per heavy atom. The van der Waals surface area contributed by atoms with Gasteiger partial charge >= 0.3 is 0 Å². The fourth-order valence-corrected chi connectivity index (χ4v) is 3.71. The molecule has 0 saturated heterocycles. The van der Waals surface area contributed by atoms with E-state index in [0.29, 0.717) is 39.2 Å². The van der Waals surface area contributed by atoms with Crippen LogP contribution in [0.25, 0.3) is 11.3 Å². The van der Waals surface area contributed by atoms with Crippen molar-refractivity contribution in [3.63, 3.8) is 0 Å². The first-order valence-corrected chi connectivity index (χ1v) is 9.30. The van der Waals surface area contributed by atoms with Crippen LogP contribution >= 0.6 is 11.6 Å². The van der Waals surface area contributed by atoms with Crippen LogP contribution in [-0.2, 0) is 4.79 Å². The van der Waals surface area contributed by atoms with Crippen molar-refractivity contribution in [2.45, 2.75) is 12.3 Å². The summed E-state index contributed by atoms with van der Waals surface area (Å²) in [6, 6.07) is 12.3. The number of aromatic amines is 1. The minimum Gasteiger partial charge on any atom is -0.496 e. The quantitative estimate of drug-likeness (QED) is 0.617. The Balaban J connectivity index is 1.85. The monoisotopic (exact) mass is 411 g/mol. The molecule has 8 heteroatoms. The molecular formula is C21H18ClN3O4. The van der Waals surface area contributed by atoms with Crippen molar-refractivity contribution in [3.05, 3.63) is 58.6 Å². The third kappa shape index (κ3) is 3.34. The van der Waals surface area contributed by atoms with Gasteiger partial charge in [0.1, 0.15) is 17.1 Å². The summed E-state index contributed by atoms with van der Waals surface area (Å²) in [6.07, 6.45) is -0.00679. The summed E-state index contributed by atoms with van der Waals surface area (Å²) in [5.41, 5.74) is 2.39. The van der Waals surface area contributed by atoms with E-state index in [0.717, 1.165) is 5.56 Å². The summed E-state index contributed by atoms with van der Waals surface area (Å²) in [4.78, 5) is 25.9. The number of ketones is 1. The highest BCUT2D eigenvalue weighted by Crippen LogP contribution is 2.42. The Hall–Kier alpha value is -3.32. The van der Waals surface area contributed by atoms with Gasteiger partial charge in [-0.15, -0.1) is 0 Å². The van der Waals surface area contributed by atoms with Gasteiger partial charge in [0.15, 0.2) is 11.6 Å². The molecule has 7 nitrogen and oxygen atoms in total. The highest BCUT2D eigenvalue weighted by Gasteiger charge is 2.38. The lowest BCUT2D eigenvalue weighted by Gasteiger charge is -2.23. The molecule has 2 heterocycles. The number of carbonyl (C=O) groups excluding carboxylic acids is 2. The molecule has 0 aliphatic carbocycles. The second-order valence-electron chi connectivity index (χ2n) is 6.57. The molecule has 0 spiro atoms. The largest absolute Gasteiger partial charge is 0.496 e. The average molecular weight is 412 g/mol. The second-order valence-corrected chi connectivity index (χ2v) is 7.01. The maximum Gasteiger partial charge on any atom is 0.226 e. The number of methoxy groups -OCH3 is 2. The summed E-state index contributed by atoms with van der Waals surface area (Å²) in [7, 11) is 2.98. The zero-order valence-corrected chi connectivity index (χ0v) is 16.5. The van der Waals surface area contributed by atoms with Crippen molar-refractivity contribution in [1.29, 1.82) is 0 Å². The van der Waals surface area contributed by atoms with E-state index in [-0.39, 0.29) is 18.1 Å². The van der Waals surface area contributed by atoms with Gasteiger partial charge in [-0.05, 0) is 24.3 Å². The number of carbonyl (C=O) groups is 2. The topological polar surface area (TPSA) is 93.3 Å². The van der Waals surface area contributed by atoms with Crippen LogP contribution in [-0.4, -0.2) is 36.1 Å². The van der Waals surface area contributed by atoms with E-state index >= 15 is 0 Å². The van der Waals surface area contributed by atoms with E-state index in [9.17, 15) is 9.59 Å². The summed E-state index contributed by atoms with van der Waals surface area (Å²) < 4.78 is 10.8. The molecule has 1 aromatic heterocycles. The minimum atomic E-state index is -0.742. The van der Waals surface area contributed by atoms with E-state index in [1.54, 1.807) is 30.3 Å². The average Bonchev–Trinajstić information content (AvgIpc) is 3.16. The van der Waals surface area contributed by atoms with Crippen molar-refractivity contribution >= 4 is 29.1 Å². The molecular weight excluding hydrogens is 394 g/mol. The highest BCUT2D eigenvalue weighted by atomic mass is 35.5. The predicted molar refractivity (Wildman–Crippen MR) is 109 cm³/mol. The van der Waals surface area contributed by atoms with Crippen LogP contribution in [0.2, 0.25) is 5.02 Å². The first-order chi connectivity index (χ1) is 14.0. The van der Waals surface area contributed by atoms with Gasteiger partial charge in [0, 0.05) is 22.6 Å². The number of fused-ring (bicyclic) bond motifs is 1. The number of H-pyrrole nitrogens is 1. The Morgan fingerprint density at radius 1 is 1.10 bits per heavy atom. The van der Waals surface area contributed by atoms with Crippen LogP contribution in [0.15, 0.2) is 42.5 Å². The molecule has 0 saturated carbocycles. The normalized spacial score (nSPS) is 15.4. The molecule has 3 aromatic rings. The number of benzene rings is 2. The van der Waals surface area contributed by atoms with Crippen LogP contribution in [0.1, 0.15) is 28.3 Å². The van der Waals surface area contributed by atoms with Crippen molar-refractivity contribution in [3.8, 4) is 22.8 Å². The van der Waals surface area contributed by atoms with Crippen molar-refractivity contribution in [2.24, 2.45) is 0 Å². The van der Waals surface area contributed by atoms with E-state index in [4.69, 9.17) is 21.1 Å². The molecule has 1 amide bonds. The van der Waals surface area contributed by atoms with Crippen LogP contribution < -0.4 is 14.8 Å². The number of halogens is 1. The van der Waals surface area contributed by atoms with Crippen LogP contribution in [0.5, 0.6) is 11.5 Å². The van der Waals surface area contributed by atoms with Crippen LogP contribution in [0.3, 0.4) is 0 Å². The molecule has 1 unspecified atom stereocenters. The first kappa shape index (κ1) is 19.0. The number of aromatic nitrogens is 2. The number of anilines is 1.